The molecule has 0 amide bonds. The standard InChI is InChI=1S/C14H18N2O2S/c1-17-11-7-13(19-9-11)12-8-16-14(18-12)3-2-6-15-10-4-5-10/h7-10,15H,2-6H2,1H3. The van der Waals surface area contributed by atoms with Crippen LogP contribution < -0.4 is 10.1 Å². The second-order valence-electron chi connectivity index (χ2n) is 4.80. The fourth-order valence-electron chi connectivity index (χ4n) is 1.93. The summed E-state index contributed by atoms with van der Waals surface area (Å²) in [6.45, 7) is 1.05. The van der Waals surface area contributed by atoms with Crippen LogP contribution >= 0.6 is 11.3 Å². The summed E-state index contributed by atoms with van der Waals surface area (Å²) >= 11 is 1.61. The van der Waals surface area contributed by atoms with Gasteiger partial charge in [-0.25, -0.2) is 4.98 Å². The molecule has 0 saturated heterocycles. The van der Waals surface area contributed by atoms with Crippen LogP contribution in [-0.4, -0.2) is 24.7 Å². The van der Waals surface area contributed by atoms with Gasteiger partial charge in [0.1, 0.15) is 5.75 Å². The van der Waals surface area contributed by atoms with E-state index in [4.69, 9.17) is 9.15 Å². The number of methoxy groups -OCH3 is 1. The van der Waals surface area contributed by atoms with Crippen molar-refractivity contribution < 1.29 is 9.15 Å². The number of hydrogen-bond acceptors (Lipinski definition) is 5. The van der Waals surface area contributed by atoms with Crippen LogP contribution in [-0.2, 0) is 6.42 Å². The Morgan fingerprint density at radius 3 is 3.16 bits per heavy atom. The quantitative estimate of drug-likeness (QED) is 0.791. The van der Waals surface area contributed by atoms with E-state index < -0.39 is 0 Å². The molecule has 102 valence electrons. The fraction of sp³-hybridized carbons (Fsp3) is 0.500. The molecule has 0 spiro atoms. The molecule has 2 aromatic heterocycles. The first-order valence-corrected chi connectivity index (χ1v) is 7.54. The largest absolute Gasteiger partial charge is 0.496 e. The minimum Gasteiger partial charge on any atom is -0.496 e. The number of ether oxygens (including phenoxy) is 1. The number of hydrogen-bond donors (Lipinski definition) is 1. The Morgan fingerprint density at radius 2 is 2.42 bits per heavy atom. The lowest BCUT2D eigenvalue weighted by Crippen LogP contribution is -2.17. The summed E-state index contributed by atoms with van der Waals surface area (Å²) in [7, 11) is 1.67. The van der Waals surface area contributed by atoms with Gasteiger partial charge in [-0.05, 0) is 25.8 Å². The van der Waals surface area contributed by atoms with Crippen molar-refractivity contribution >= 4 is 11.3 Å². The van der Waals surface area contributed by atoms with E-state index in [-0.39, 0.29) is 0 Å². The highest BCUT2D eigenvalue weighted by Gasteiger charge is 2.19. The molecule has 0 aliphatic heterocycles. The molecule has 1 aliphatic rings. The van der Waals surface area contributed by atoms with Crippen molar-refractivity contribution in [2.24, 2.45) is 0 Å². The van der Waals surface area contributed by atoms with Crippen LogP contribution in [0.5, 0.6) is 5.75 Å². The Hall–Kier alpha value is -1.33. The molecule has 0 atom stereocenters. The highest BCUT2D eigenvalue weighted by atomic mass is 32.1. The van der Waals surface area contributed by atoms with Gasteiger partial charge in [-0.1, -0.05) is 0 Å². The summed E-state index contributed by atoms with van der Waals surface area (Å²) in [6, 6.07) is 2.75. The topological polar surface area (TPSA) is 47.3 Å². The van der Waals surface area contributed by atoms with Gasteiger partial charge >= 0.3 is 0 Å². The zero-order valence-corrected chi connectivity index (χ0v) is 11.8. The number of aromatic nitrogens is 1. The third kappa shape index (κ3) is 3.36. The predicted octanol–water partition coefficient (Wildman–Crippen LogP) is 3.10. The van der Waals surface area contributed by atoms with Crippen LogP contribution in [0.2, 0.25) is 0 Å². The number of oxazole rings is 1. The Morgan fingerprint density at radius 1 is 1.53 bits per heavy atom. The number of aryl methyl sites for hydroxylation is 1. The zero-order valence-electron chi connectivity index (χ0n) is 11.0. The molecule has 2 heterocycles. The van der Waals surface area contributed by atoms with E-state index in [0.29, 0.717) is 0 Å². The number of nitrogens with one attached hydrogen (secondary N) is 1. The van der Waals surface area contributed by atoms with Gasteiger partial charge in [0, 0.05) is 23.9 Å². The van der Waals surface area contributed by atoms with E-state index in [2.05, 4.69) is 10.3 Å². The molecular formula is C14H18N2O2S. The average Bonchev–Trinajstić information content (AvgIpc) is 2.94. The first kappa shape index (κ1) is 12.7. The van der Waals surface area contributed by atoms with Crippen LogP contribution in [0.25, 0.3) is 10.6 Å². The summed E-state index contributed by atoms with van der Waals surface area (Å²) in [5.41, 5.74) is 0. The van der Waals surface area contributed by atoms with Gasteiger partial charge in [0.25, 0.3) is 0 Å². The molecule has 19 heavy (non-hydrogen) atoms. The van der Waals surface area contributed by atoms with E-state index in [0.717, 1.165) is 47.7 Å². The minimum atomic E-state index is 0.777. The van der Waals surface area contributed by atoms with Gasteiger partial charge in [-0.2, -0.15) is 0 Å². The maximum absolute atomic E-state index is 5.77. The van der Waals surface area contributed by atoms with Crippen molar-refractivity contribution in [3.8, 4) is 16.4 Å². The lowest BCUT2D eigenvalue weighted by Gasteiger charge is -1.99. The van der Waals surface area contributed by atoms with E-state index in [1.165, 1.54) is 12.8 Å². The molecule has 1 fully saturated rings. The van der Waals surface area contributed by atoms with Crippen molar-refractivity contribution in [1.29, 1.82) is 0 Å². The van der Waals surface area contributed by atoms with Gasteiger partial charge in [0.05, 0.1) is 18.2 Å². The molecule has 5 heteroatoms. The minimum absolute atomic E-state index is 0.777. The van der Waals surface area contributed by atoms with Crippen LogP contribution in [0.3, 0.4) is 0 Å². The van der Waals surface area contributed by atoms with Crippen molar-refractivity contribution in [1.82, 2.24) is 10.3 Å². The highest BCUT2D eigenvalue weighted by Crippen LogP contribution is 2.31. The third-order valence-electron chi connectivity index (χ3n) is 3.19. The van der Waals surface area contributed by atoms with Crippen LogP contribution in [0.4, 0.5) is 0 Å². The summed E-state index contributed by atoms with van der Waals surface area (Å²) in [5.74, 6) is 2.52. The molecule has 3 rings (SSSR count). The maximum atomic E-state index is 5.77. The highest BCUT2D eigenvalue weighted by molar-refractivity contribution is 7.13. The fourth-order valence-corrected chi connectivity index (χ4v) is 2.73. The van der Waals surface area contributed by atoms with Gasteiger partial charge < -0.3 is 14.5 Å². The second kappa shape index (κ2) is 5.75. The molecule has 0 radical (unpaired) electrons. The first-order valence-electron chi connectivity index (χ1n) is 6.66. The van der Waals surface area contributed by atoms with E-state index in [1.807, 2.05) is 11.4 Å². The Labute approximate surface area is 116 Å². The van der Waals surface area contributed by atoms with Gasteiger partial charge in [0.2, 0.25) is 0 Å². The second-order valence-corrected chi connectivity index (χ2v) is 5.71. The molecule has 0 unspecified atom stereocenters. The molecule has 4 nitrogen and oxygen atoms in total. The Kier molecular flexibility index (Phi) is 3.84. The maximum Gasteiger partial charge on any atom is 0.194 e. The van der Waals surface area contributed by atoms with E-state index >= 15 is 0 Å². The van der Waals surface area contributed by atoms with Crippen molar-refractivity contribution in [2.75, 3.05) is 13.7 Å². The van der Waals surface area contributed by atoms with Crippen molar-refractivity contribution in [3.63, 3.8) is 0 Å². The molecule has 0 bridgehead atoms. The number of rotatable bonds is 7. The van der Waals surface area contributed by atoms with Crippen LogP contribution in [0.15, 0.2) is 22.1 Å². The summed E-state index contributed by atoms with van der Waals surface area (Å²) in [6.07, 6.45) is 6.44. The third-order valence-corrected chi connectivity index (χ3v) is 4.11. The smallest absolute Gasteiger partial charge is 0.194 e. The van der Waals surface area contributed by atoms with E-state index in [1.54, 1.807) is 24.6 Å². The van der Waals surface area contributed by atoms with Crippen molar-refractivity contribution in [2.45, 2.75) is 31.7 Å². The summed E-state index contributed by atoms with van der Waals surface area (Å²) in [5, 5.41) is 5.46. The average molecular weight is 278 g/mol. The molecule has 0 aromatic carbocycles. The first-order chi connectivity index (χ1) is 9.35. The molecule has 2 aromatic rings. The van der Waals surface area contributed by atoms with Gasteiger partial charge in [0.15, 0.2) is 11.7 Å². The Bertz CT molecular complexity index is 531. The SMILES string of the molecule is COc1csc(-c2cnc(CCCNC3CC3)o2)c1. The van der Waals surface area contributed by atoms with Crippen LogP contribution in [0.1, 0.15) is 25.2 Å². The number of nitrogens with zero attached hydrogens (tertiary/aromatic N) is 1. The van der Waals surface area contributed by atoms with E-state index in [9.17, 15) is 0 Å². The lowest BCUT2D eigenvalue weighted by molar-refractivity contribution is 0.416. The normalized spacial score (nSPS) is 14.8. The molecule has 1 aliphatic carbocycles. The van der Waals surface area contributed by atoms with Crippen LogP contribution in [0, 0.1) is 0 Å². The van der Waals surface area contributed by atoms with Gasteiger partial charge in [-0.15, -0.1) is 11.3 Å². The summed E-state index contributed by atoms with van der Waals surface area (Å²) < 4.78 is 10.9. The molecule has 1 N–H and O–H groups in total. The monoisotopic (exact) mass is 278 g/mol. The van der Waals surface area contributed by atoms with Crippen molar-refractivity contribution in [3.05, 3.63) is 23.5 Å². The molecular weight excluding hydrogens is 260 g/mol. The summed E-state index contributed by atoms with van der Waals surface area (Å²) in [4.78, 5) is 5.39. The number of thiophene rings is 1. The zero-order chi connectivity index (χ0) is 13.1. The molecule has 1 saturated carbocycles. The Balaban J connectivity index is 1.52. The predicted molar refractivity (Wildman–Crippen MR) is 75.7 cm³/mol. The lowest BCUT2D eigenvalue weighted by atomic mass is 10.3. The van der Waals surface area contributed by atoms with Gasteiger partial charge in [-0.3, -0.25) is 0 Å².